The van der Waals surface area contributed by atoms with E-state index in [0.717, 1.165) is 11.2 Å². The van der Waals surface area contributed by atoms with Gasteiger partial charge in [0, 0.05) is 4.88 Å². The highest BCUT2D eigenvalue weighted by atomic mass is 32.1. The number of aldehydes is 1. The van der Waals surface area contributed by atoms with E-state index in [4.69, 9.17) is 0 Å². The molecule has 66 valence electrons. The van der Waals surface area contributed by atoms with Gasteiger partial charge in [-0.25, -0.2) is 0 Å². The first-order chi connectivity index (χ1) is 5.45. The lowest BCUT2D eigenvalue weighted by Crippen LogP contribution is -2.10. The molecule has 0 saturated heterocycles. The fourth-order valence-corrected chi connectivity index (χ4v) is 2.36. The zero-order chi connectivity index (χ0) is 9.35. The van der Waals surface area contributed by atoms with Crippen molar-refractivity contribution >= 4 is 17.6 Å². The highest BCUT2D eigenvalue weighted by Crippen LogP contribution is 2.30. The molecule has 1 aromatic heterocycles. The van der Waals surface area contributed by atoms with Gasteiger partial charge < -0.3 is 0 Å². The van der Waals surface area contributed by atoms with Crippen LogP contribution in [0.25, 0.3) is 0 Å². The molecular weight excluding hydrogens is 168 g/mol. The molecular formula is C10H14OS. The van der Waals surface area contributed by atoms with Gasteiger partial charge in [0.15, 0.2) is 6.29 Å². The Morgan fingerprint density at radius 3 is 2.25 bits per heavy atom. The summed E-state index contributed by atoms with van der Waals surface area (Å²) in [6.07, 6.45) is 0.924. The molecule has 0 spiro atoms. The van der Waals surface area contributed by atoms with Crippen LogP contribution in [0.2, 0.25) is 0 Å². The summed E-state index contributed by atoms with van der Waals surface area (Å²) >= 11 is 1.57. The lowest BCUT2D eigenvalue weighted by molar-refractivity contribution is 0.112. The monoisotopic (exact) mass is 182 g/mol. The van der Waals surface area contributed by atoms with Crippen molar-refractivity contribution in [2.75, 3.05) is 0 Å². The van der Waals surface area contributed by atoms with Gasteiger partial charge in [-0.3, -0.25) is 4.79 Å². The molecule has 0 aromatic carbocycles. The van der Waals surface area contributed by atoms with Gasteiger partial charge in [0.2, 0.25) is 0 Å². The van der Waals surface area contributed by atoms with Gasteiger partial charge in [0.05, 0.1) is 4.88 Å². The van der Waals surface area contributed by atoms with E-state index in [9.17, 15) is 4.79 Å². The van der Waals surface area contributed by atoms with Crippen molar-refractivity contribution < 1.29 is 4.79 Å². The average molecular weight is 182 g/mol. The SMILES string of the molecule is Cc1sc(C=O)cc1C(C)(C)C. The molecule has 1 nitrogen and oxygen atoms in total. The van der Waals surface area contributed by atoms with E-state index >= 15 is 0 Å². The Hall–Kier alpha value is -0.630. The normalized spacial score (nSPS) is 11.7. The van der Waals surface area contributed by atoms with Crippen molar-refractivity contribution in [1.29, 1.82) is 0 Å². The molecule has 0 atom stereocenters. The second-order valence-electron chi connectivity index (χ2n) is 3.99. The molecule has 0 fully saturated rings. The van der Waals surface area contributed by atoms with Crippen molar-refractivity contribution in [1.82, 2.24) is 0 Å². The number of hydrogen-bond donors (Lipinski definition) is 0. The van der Waals surface area contributed by atoms with E-state index in [2.05, 4.69) is 27.7 Å². The standard InChI is InChI=1S/C10H14OS/c1-7-9(10(2,3)4)5-8(6-11)12-7/h5-6H,1-4H3. The molecule has 1 rings (SSSR count). The van der Waals surface area contributed by atoms with Crippen LogP contribution in [0.4, 0.5) is 0 Å². The van der Waals surface area contributed by atoms with Crippen LogP contribution < -0.4 is 0 Å². The molecule has 2 heteroatoms. The van der Waals surface area contributed by atoms with E-state index in [1.807, 2.05) is 6.07 Å². The zero-order valence-electron chi connectivity index (χ0n) is 7.97. The van der Waals surface area contributed by atoms with Crippen LogP contribution in [0.1, 0.15) is 40.9 Å². The average Bonchev–Trinajstić information content (AvgIpc) is 2.29. The third-order valence-electron chi connectivity index (χ3n) is 1.86. The molecule has 0 N–H and O–H groups in total. The van der Waals surface area contributed by atoms with Gasteiger partial charge in [-0.2, -0.15) is 0 Å². The summed E-state index contributed by atoms with van der Waals surface area (Å²) in [5, 5.41) is 0. The van der Waals surface area contributed by atoms with Crippen molar-refractivity contribution in [3.63, 3.8) is 0 Å². The second-order valence-corrected chi connectivity index (χ2v) is 5.27. The topological polar surface area (TPSA) is 17.1 Å². The molecule has 0 unspecified atom stereocenters. The molecule has 1 heterocycles. The Morgan fingerprint density at radius 2 is 2.00 bits per heavy atom. The van der Waals surface area contributed by atoms with Gasteiger partial charge in [-0.05, 0) is 24.0 Å². The molecule has 0 aliphatic rings. The Balaban J connectivity index is 3.16. The first kappa shape index (κ1) is 9.46. The summed E-state index contributed by atoms with van der Waals surface area (Å²) < 4.78 is 0. The molecule has 0 radical (unpaired) electrons. The third kappa shape index (κ3) is 1.75. The molecule has 0 saturated carbocycles. The lowest BCUT2D eigenvalue weighted by Gasteiger charge is -2.17. The minimum atomic E-state index is 0.155. The van der Waals surface area contributed by atoms with E-state index in [0.29, 0.717) is 0 Å². The number of carbonyl (C=O) groups excluding carboxylic acids is 1. The molecule has 0 amide bonds. The van der Waals surface area contributed by atoms with Crippen LogP contribution in [0, 0.1) is 6.92 Å². The van der Waals surface area contributed by atoms with Crippen LogP contribution >= 0.6 is 11.3 Å². The van der Waals surface area contributed by atoms with Crippen molar-refractivity contribution in [3.8, 4) is 0 Å². The fourth-order valence-electron chi connectivity index (χ4n) is 1.31. The van der Waals surface area contributed by atoms with Crippen LogP contribution in [0.5, 0.6) is 0 Å². The Morgan fingerprint density at radius 1 is 1.42 bits per heavy atom. The third-order valence-corrected chi connectivity index (χ3v) is 2.84. The summed E-state index contributed by atoms with van der Waals surface area (Å²) in [6.45, 7) is 8.56. The smallest absolute Gasteiger partial charge is 0.160 e. The molecule has 0 aliphatic carbocycles. The van der Waals surface area contributed by atoms with Crippen molar-refractivity contribution in [3.05, 3.63) is 21.4 Å². The quantitative estimate of drug-likeness (QED) is 0.610. The number of carbonyl (C=O) groups is 1. The number of rotatable bonds is 1. The molecule has 12 heavy (non-hydrogen) atoms. The van der Waals surface area contributed by atoms with Gasteiger partial charge in [0.25, 0.3) is 0 Å². The summed E-state index contributed by atoms with van der Waals surface area (Å²) in [4.78, 5) is 12.6. The summed E-state index contributed by atoms with van der Waals surface area (Å²) in [5.41, 5.74) is 1.44. The maximum Gasteiger partial charge on any atom is 0.160 e. The fraction of sp³-hybridized carbons (Fsp3) is 0.500. The van der Waals surface area contributed by atoms with E-state index < -0.39 is 0 Å². The van der Waals surface area contributed by atoms with E-state index in [1.54, 1.807) is 11.3 Å². The van der Waals surface area contributed by atoms with Gasteiger partial charge >= 0.3 is 0 Å². The predicted molar refractivity (Wildman–Crippen MR) is 53.1 cm³/mol. The number of aryl methyl sites for hydroxylation is 1. The lowest BCUT2D eigenvalue weighted by atomic mass is 9.87. The molecule has 1 aromatic rings. The highest BCUT2D eigenvalue weighted by Gasteiger charge is 2.18. The second kappa shape index (κ2) is 3.02. The van der Waals surface area contributed by atoms with Crippen LogP contribution in [-0.2, 0) is 5.41 Å². The zero-order valence-corrected chi connectivity index (χ0v) is 8.79. The summed E-state index contributed by atoms with van der Waals surface area (Å²) in [7, 11) is 0. The molecule has 0 aliphatic heterocycles. The van der Waals surface area contributed by atoms with E-state index in [1.165, 1.54) is 10.4 Å². The van der Waals surface area contributed by atoms with Crippen LogP contribution in [0.3, 0.4) is 0 Å². The van der Waals surface area contributed by atoms with E-state index in [-0.39, 0.29) is 5.41 Å². The Kier molecular flexibility index (Phi) is 2.38. The maximum absolute atomic E-state index is 10.5. The number of hydrogen-bond acceptors (Lipinski definition) is 2. The summed E-state index contributed by atoms with van der Waals surface area (Å²) in [5.74, 6) is 0. The predicted octanol–water partition coefficient (Wildman–Crippen LogP) is 3.17. The van der Waals surface area contributed by atoms with Gasteiger partial charge in [0.1, 0.15) is 0 Å². The first-order valence-electron chi connectivity index (χ1n) is 4.01. The maximum atomic E-state index is 10.5. The van der Waals surface area contributed by atoms with Gasteiger partial charge in [-0.15, -0.1) is 11.3 Å². The van der Waals surface area contributed by atoms with Crippen LogP contribution in [-0.4, -0.2) is 6.29 Å². The minimum Gasteiger partial charge on any atom is -0.297 e. The first-order valence-corrected chi connectivity index (χ1v) is 4.83. The minimum absolute atomic E-state index is 0.155. The Bertz CT molecular complexity index is 291. The highest BCUT2D eigenvalue weighted by molar-refractivity contribution is 7.13. The number of thiophene rings is 1. The van der Waals surface area contributed by atoms with Crippen LogP contribution in [0.15, 0.2) is 6.07 Å². The van der Waals surface area contributed by atoms with Crippen molar-refractivity contribution in [2.45, 2.75) is 33.1 Å². The largest absolute Gasteiger partial charge is 0.297 e. The van der Waals surface area contributed by atoms with Crippen molar-refractivity contribution in [2.24, 2.45) is 0 Å². The van der Waals surface area contributed by atoms with Gasteiger partial charge in [-0.1, -0.05) is 20.8 Å². The molecule has 0 bridgehead atoms. The Labute approximate surface area is 77.4 Å². The summed E-state index contributed by atoms with van der Waals surface area (Å²) in [6, 6.07) is 1.99.